The third-order valence-electron chi connectivity index (χ3n) is 3.48. The molecule has 1 aliphatic heterocycles. The van der Waals surface area contributed by atoms with Crippen molar-refractivity contribution in [1.82, 2.24) is 19.6 Å². The van der Waals surface area contributed by atoms with E-state index in [2.05, 4.69) is 26.0 Å². The second kappa shape index (κ2) is 4.89. The highest BCUT2D eigenvalue weighted by Crippen LogP contribution is 2.27. The van der Waals surface area contributed by atoms with Gasteiger partial charge in [0.1, 0.15) is 29.7 Å². The van der Waals surface area contributed by atoms with Gasteiger partial charge in [-0.1, -0.05) is 29.8 Å². The molecule has 21 heavy (non-hydrogen) atoms. The number of hydrogen-bond acceptors (Lipinski definition) is 5. The maximum Gasteiger partial charge on any atom is 0.255 e. The van der Waals surface area contributed by atoms with Crippen LogP contribution in [0.2, 0.25) is 5.15 Å². The van der Waals surface area contributed by atoms with Crippen molar-refractivity contribution in [2.45, 2.75) is 6.54 Å². The molecular formula is C14H12ClN5O. The zero-order valence-electron chi connectivity index (χ0n) is 11.1. The van der Waals surface area contributed by atoms with Gasteiger partial charge in [0.25, 0.3) is 5.78 Å². The number of ether oxygens (including phenoxy) is 1. The van der Waals surface area contributed by atoms with Gasteiger partial charge >= 0.3 is 0 Å². The number of halogens is 1. The first-order valence-corrected chi connectivity index (χ1v) is 7.01. The molecule has 0 N–H and O–H groups in total. The van der Waals surface area contributed by atoms with Crippen LogP contribution < -0.4 is 9.64 Å². The first-order valence-electron chi connectivity index (χ1n) is 6.63. The van der Waals surface area contributed by atoms with Gasteiger partial charge in [-0.3, -0.25) is 0 Å². The smallest absolute Gasteiger partial charge is 0.255 e. The highest BCUT2D eigenvalue weighted by Gasteiger charge is 2.19. The number of anilines is 1. The highest BCUT2D eigenvalue weighted by molar-refractivity contribution is 6.29. The van der Waals surface area contributed by atoms with E-state index in [0.717, 1.165) is 30.2 Å². The van der Waals surface area contributed by atoms with E-state index in [0.29, 0.717) is 17.5 Å². The van der Waals surface area contributed by atoms with Gasteiger partial charge in [0.05, 0.1) is 6.54 Å². The van der Waals surface area contributed by atoms with Crippen LogP contribution in [-0.4, -0.2) is 32.7 Å². The van der Waals surface area contributed by atoms with Crippen LogP contribution in [-0.2, 0) is 6.54 Å². The Morgan fingerprint density at radius 1 is 1.24 bits per heavy atom. The van der Waals surface area contributed by atoms with E-state index in [-0.39, 0.29) is 0 Å². The van der Waals surface area contributed by atoms with Crippen molar-refractivity contribution >= 4 is 23.2 Å². The van der Waals surface area contributed by atoms with Gasteiger partial charge in [0.2, 0.25) is 0 Å². The average molecular weight is 302 g/mol. The molecule has 4 rings (SSSR count). The molecule has 6 nitrogen and oxygen atoms in total. The Morgan fingerprint density at radius 3 is 3.10 bits per heavy atom. The molecule has 0 saturated carbocycles. The van der Waals surface area contributed by atoms with E-state index < -0.39 is 0 Å². The second-order valence-corrected chi connectivity index (χ2v) is 5.17. The minimum atomic E-state index is 0.406. The Balaban J connectivity index is 1.80. The summed E-state index contributed by atoms with van der Waals surface area (Å²) >= 11 is 6.09. The van der Waals surface area contributed by atoms with E-state index in [9.17, 15) is 0 Å². The molecule has 0 radical (unpaired) electrons. The van der Waals surface area contributed by atoms with Crippen LogP contribution in [0, 0.1) is 0 Å². The SMILES string of the molecule is Clc1cc(N2CCOc3ccccc3C2)n2ncnc2n1. The summed E-state index contributed by atoms with van der Waals surface area (Å²) in [6, 6.07) is 9.85. The Kier molecular flexibility index (Phi) is 2.89. The molecule has 0 aliphatic carbocycles. The lowest BCUT2D eigenvalue weighted by Crippen LogP contribution is -2.27. The van der Waals surface area contributed by atoms with Crippen molar-refractivity contribution in [2.75, 3.05) is 18.1 Å². The van der Waals surface area contributed by atoms with Gasteiger partial charge in [-0.05, 0) is 6.07 Å². The molecule has 3 aromatic rings. The molecule has 2 aromatic heterocycles. The molecule has 0 amide bonds. The van der Waals surface area contributed by atoms with E-state index in [4.69, 9.17) is 16.3 Å². The van der Waals surface area contributed by atoms with Gasteiger partial charge in [-0.25, -0.2) is 0 Å². The molecular weight excluding hydrogens is 290 g/mol. The van der Waals surface area contributed by atoms with Gasteiger partial charge in [-0.2, -0.15) is 19.6 Å². The molecule has 1 aromatic carbocycles. The van der Waals surface area contributed by atoms with Crippen LogP contribution >= 0.6 is 11.6 Å². The maximum atomic E-state index is 6.09. The van der Waals surface area contributed by atoms with Crippen molar-refractivity contribution in [2.24, 2.45) is 0 Å². The van der Waals surface area contributed by atoms with Crippen LogP contribution in [0.4, 0.5) is 5.82 Å². The van der Waals surface area contributed by atoms with Crippen molar-refractivity contribution in [1.29, 1.82) is 0 Å². The second-order valence-electron chi connectivity index (χ2n) is 4.79. The highest BCUT2D eigenvalue weighted by atomic mass is 35.5. The summed E-state index contributed by atoms with van der Waals surface area (Å²) in [5, 5.41) is 4.63. The third kappa shape index (κ3) is 2.17. The summed E-state index contributed by atoms with van der Waals surface area (Å²) in [5.41, 5.74) is 1.14. The fourth-order valence-corrected chi connectivity index (χ4v) is 2.69. The summed E-state index contributed by atoms with van der Waals surface area (Å²) < 4.78 is 7.48. The number of nitrogens with zero attached hydrogens (tertiary/aromatic N) is 5. The lowest BCUT2D eigenvalue weighted by molar-refractivity contribution is 0.331. The monoisotopic (exact) mass is 301 g/mol. The summed E-state index contributed by atoms with van der Waals surface area (Å²) in [7, 11) is 0. The molecule has 0 bridgehead atoms. The number of fused-ring (bicyclic) bond motifs is 2. The van der Waals surface area contributed by atoms with Crippen LogP contribution in [0.3, 0.4) is 0 Å². The standard InChI is InChI=1S/C14H12ClN5O/c15-12-7-13(20-14(18-12)16-9-17-20)19-5-6-21-11-4-2-1-3-10(11)8-19/h1-4,7,9H,5-6,8H2. The summed E-state index contributed by atoms with van der Waals surface area (Å²) in [6.07, 6.45) is 1.48. The molecule has 3 heterocycles. The van der Waals surface area contributed by atoms with Crippen molar-refractivity contribution < 1.29 is 4.74 Å². The Labute approximate surface area is 125 Å². The number of benzene rings is 1. The topological polar surface area (TPSA) is 55.6 Å². The fraction of sp³-hybridized carbons (Fsp3) is 0.214. The maximum absolute atomic E-state index is 6.09. The van der Waals surface area contributed by atoms with Gasteiger partial charge in [0.15, 0.2) is 0 Å². The predicted molar refractivity (Wildman–Crippen MR) is 78.8 cm³/mol. The lowest BCUT2D eigenvalue weighted by Gasteiger charge is -2.22. The van der Waals surface area contributed by atoms with Gasteiger partial charge < -0.3 is 9.64 Å². The number of para-hydroxylation sites is 1. The summed E-state index contributed by atoms with van der Waals surface area (Å²) in [6.45, 7) is 2.07. The zero-order chi connectivity index (χ0) is 14.2. The number of aromatic nitrogens is 4. The molecule has 7 heteroatoms. The minimum absolute atomic E-state index is 0.406. The molecule has 0 unspecified atom stereocenters. The van der Waals surface area contributed by atoms with Gasteiger partial charge in [-0.15, -0.1) is 0 Å². The first kappa shape index (κ1) is 12.4. The van der Waals surface area contributed by atoms with E-state index in [1.807, 2.05) is 18.2 Å². The molecule has 1 aliphatic rings. The van der Waals surface area contributed by atoms with Crippen molar-refractivity contribution in [3.05, 3.63) is 47.4 Å². The quantitative estimate of drug-likeness (QED) is 0.645. The third-order valence-corrected chi connectivity index (χ3v) is 3.67. The molecule has 0 spiro atoms. The van der Waals surface area contributed by atoms with E-state index in [1.165, 1.54) is 6.33 Å². The average Bonchev–Trinajstić information content (AvgIpc) is 2.84. The fourth-order valence-electron chi connectivity index (χ4n) is 2.52. The van der Waals surface area contributed by atoms with Crippen molar-refractivity contribution in [3.63, 3.8) is 0 Å². The summed E-state index contributed by atoms with van der Waals surface area (Å²) in [4.78, 5) is 10.4. The van der Waals surface area contributed by atoms with Crippen LogP contribution in [0.5, 0.6) is 5.75 Å². The Morgan fingerprint density at radius 2 is 2.14 bits per heavy atom. The molecule has 106 valence electrons. The minimum Gasteiger partial charge on any atom is -0.491 e. The predicted octanol–water partition coefficient (Wildman–Crippen LogP) is 2.18. The first-order chi connectivity index (χ1) is 10.3. The lowest BCUT2D eigenvalue weighted by atomic mass is 10.2. The zero-order valence-corrected chi connectivity index (χ0v) is 11.9. The van der Waals surface area contributed by atoms with Crippen molar-refractivity contribution in [3.8, 4) is 5.75 Å². The molecule has 0 fully saturated rings. The Hall–Kier alpha value is -2.34. The van der Waals surface area contributed by atoms with Crippen LogP contribution in [0.25, 0.3) is 5.78 Å². The van der Waals surface area contributed by atoms with E-state index in [1.54, 1.807) is 10.6 Å². The summed E-state index contributed by atoms with van der Waals surface area (Å²) in [5.74, 6) is 2.29. The number of hydrogen-bond donors (Lipinski definition) is 0. The molecule has 0 saturated heterocycles. The van der Waals surface area contributed by atoms with Gasteiger partial charge in [0, 0.05) is 18.2 Å². The van der Waals surface area contributed by atoms with Crippen LogP contribution in [0.15, 0.2) is 36.7 Å². The Bertz CT molecular complexity index is 803. The van der Waals surface area contributed by atoms with E-state index >= 15 is 0 Å². The number of rotatable bonds is 1. The largest absolute Gasteiger partial charge is 0.491 e. The van der Waals surface area contributed by atoms with Crippen LogP contribution in [0.1, 0.15) is 5.56 Å². The molecule has 0 atom stereocenters. The normalized spacial score (nSPS) is 14.6.